The summed E-state index contributed by atoms with van der Waals surface area (Å²) in [4.78, 5) is 26.6. The molecular weight excluding hydrogens is 330 g/mol. The van der Waals surface area contributed by atoms with E-state index >= 15 is 0 Å². The number of hydrogen-bond donors (Lipinski definition) is 0. The van der Waals surface area contributed by atoms with Crippen LogP contribution in [0.4, 0.5) is 0 Å². The van der Waals surface area contributed by atoms with E-state index in [1.165, 1.54) is 11.8 Å². The first-order valence-corrected chi connectivity index (χ1v) is 9.35. The zero-order chi connectivity index (χ0) is 17.7. The Balaban J connectivity index is 1.92. The van der Waals surface area contributed by atoms with Gasteiger partial charge in [-0.2, -0.15) is 5.26 Å². The summed E-state index contributed by atoms with van der Waals surface area (Å²) < 4.78 is 24.4. The van der Waals surface area contributed by atoms with E-state index in [4.69, 9.17) is 5.26 Å². The SMILES string of the molecule is CC(=O)N1CCN(C(=O)CS(=O)(=O)Cc2ccc(C#N)cc2)CC1. The monoisotopic (exact) mass is 349 g/mol. The molecule has 1 heterocycles. The van der Waals surface area contributed by atoms with Gasteiger partial charge in [0, 0.05) is 33.1 Å². The Morgan fingerprint density at radius 3 is 2.12 bits per heavy atom. The number of carbonyl (C=O) groups is 2. The minimum absolute atomic E-state index is 0.0458. The van der Waals surface area contributed by atoms with Crippen LogP contribution in [0.25, 0.3) is 0 Å². The van der Waals surface area contributed by atoms with Gasteiger partial charge in [0.1, 0.15) is 5.75 Å². The van der Waals surface area contributed by atoms with Crippen LogP contribution < -0.4 is 0 Å². The normalized spacial score (nSPS) is 15.0. The molecule has 0 atom stereocenters. The lowest BCUT2D eigenvalue weighted by Gasteiger charge is -2.34. The minimum Gasteiger partial charge on any atom is -0.339 e. The Hall–Kier alpha value is -2.40. The van der Waals surface area contributed by atoms with Crippen molar-refractivity contribution in [2.45, 2.75) is 12.7 Å². The van der Waals surface area contributed by atoms with Crippen LogP contribution in [0.3, 0.4) is 0 Å². The van der Waals surface area contributed by atoms with E-state index in [1.807, 2.05) is 6.07 Å². The predicted octanol–water partition coefficient (Wildman–Crippen LogP) is 0.164. The number of hydrogen-bond acceptors (Lipinski definition) is 5. The Bertz CT molecular complexity index is 758. The molecule has 8 heteroatoms. The van der Waals surface area contributed by atoms with Crippen LogP contribution >= 0.6 is 0 Å². The lowest BCUT2D eigenvalue weighted by molar-refractivity contribution is -0.136. The van der Waals surface area contributed by atoms with Crippen molar-refractivity contribution in [1.82, 2.24) is 9.80 Å². The molecule has 1 aromatic carbocycles. The van der Waals surface area contributed by atoms with Gasteiger partial charge < -0.3 is 9.80 Å². The van der Waals surface area contributed by atoms with Crippen LogP contribution in [0.2, 0.25) is 0 Å². The summed E-state index contributed by atoms with van der Waals surface area (Å²) in [7, 11) is -3.59. The van der Waals surface area contributed by atoms with Gasteiger partial charge in [-0.05, 0) is 17.7 Å². The molecule has 2 amide bonds. The van der Waals surface area contributed by atoms with Gasteiger partial charge in [-0.3, -0.25) is 9.59 Å². The smallest absolute Gasteiger partial charge is 0.237 e. The number of nitriles is 1. The summed E-state index contributed by atoms with van der Waals surface area (Å²) in [5, 5.41) is 8.73. The van der Waals surface area contributed by atoms with Crippen LogP contribution in [0.1, 0.15) is 18.1 Å². The van der Waals surface area contributed by atoms with Crippen LogP contribution in [0, 0.1) is 11.3 Å². The fourth-order valence-electron chi connectivity index (χ4n) is 2.53. The first-order chi connectivity index (χ1) is 11.3. The molecule has 0 bridgehead atoms. The van der Waals surface area contributed by atoms with Gasteiger partial charge in [-0.25, -0.2) is 8.42 Å². The summed E-state index contributed by atoms with van der Waals surface area (Å²) in [6, 6.07) is 8.22. The summed E-state index contributed by atoms with van der Waals surface area (Å²) in [5.41, 5.74) is 0.999. The van der Waals surface area contributed by atoms with Crippen molar-refractivity contribution in [1.29, 1.82) is 5.26 Å². The fourth-order valence-corrected chi connectivity index (χ4v) is 3.89. The van der Waals surface area contributed by atoms with Crippen molar-refractivity contribution in [2.24, 2.45) is 0 Å². The maximum absolute atomic E-state index is 12.2. The molecule has 1 aliphatic rings. The summed E-state index contributed by atoms with van der Waals surface area (Å²) >= 11 is 0. The maximum atomic E-state index is 12.2. The standard InChI is InChI=1S/C16H19N3O4S/c1-13(20)18-6-8-19(9-7-18)16(21)12-24(22,23)11-15-4-2-14(10-17)3-5-15/h2-5H,6-9,11-12H2,1H3. The molecule has 0 spiro atoms. The number of sulfone groups is 1. The second-order valence-corrected chi connectivity index (χ2v) is 7.79. The highest BCUT2D eigenvalue weighted by Gasteiger charge is 2.26. The summed E-state index contributed by atoms with van der Waals surface area (Å²) in [6.45, 7) is 3.03. The molecule has 1 saturated heterocycles. The molecule has 128 valence electrons. The third kappa shape index (κ3) is 4.80. The van der Waals surface area contributed by atoms with Crippen LogP contribution in [0.15, 0.2) is 24.3 Å². The summed E-state index contributed by atoms with van der Waals surface area (Å²) in [5.74, 6) is -1.27. The topological polar surface area (TPSA) is 98.6 Å². The van der Waals surface area contributed by atoms with Crippen molar-refractivity contribution in [3.8, 4) is 6.07 Å². The van der Waals surface area contributed by atoms with Crippen LogP contribution in [0.5, 0.6) is 0 Å². The Labute approximate surface area is 141 Å². The number of rotatable bonds is 4. The molecule has 0 aliphatic carbocycles. The molecule has 2 rings (SSSR count). The highest BCUT2D eigenvalue weighted by molar-refractivity contribution is 7.91. The van der Waals surface area contributed by atoms with Crippen LogP contribution in [-0.2, 0) is 25.2 Å². The zero-order valence-corrected chi connectivity index (χ0v) is 14.3. The van der Waals surface area contributed by atoms with Gasteiger partial charge >= 0.3 is 0 Å². The molecule has 0 aromatic heterocycles. The molecule has 7 nitrogen and oxygen atoms in total. The largest absolute Gasteiger partial charge is 0.339 e. The third-order valence-corrected chi connectivity index (χ3v) is 5.35. The molecule has 1 aromatic rings. The Kier molecular flexibility index (Phi) is 5.57. The number of benzene rings is 1. The highest BCUT2D eigenvalue weighted by atomic mass is 32.2. The van der Waals surface area contributed by atoms with E-state index in [2.05, 4.69) is 0 Å². The highest BCUT2D eigenvalue weighted by Crippen LogP contribution is 2.10. The van der Waals surface area contributed by atoms with Crippen molar-refractivity contribution in [2.75, 3.05) is 31.9 Å². The number of nitrogens with zero attached hydrogens (tertiary/aromatic N) is 3. The number of carbonyl (C=O) groups excluding carboxylic acids is 2. The van der Waals surface area contributed by atoms with E-state index in [-0.39, 0.29) is 11.7 Å². The average Bonchev–Trinajstić information content (AvgIpc) is 2.54. The fraction of sp³-hybridized carbons (Fsp3) is 0.438. The van der Waals surface area contributed by atoms with Gasteiger partial charge in [-0.15, -0.1) is 0 Å². The first kappa shape index (κ1) is 17.9. The molecule has 1 aliphatic heterocycles. The van der Waals surface area contributed by atoms with Gasteiger partial charge in [0.05, 0.1) is 17.4 Å². The molecule has 0 unspecified atom stereocenters. The predicted molar refractivity (Wildman–Crippen MR) is 87.5 cm³/mol. The lowest BCUT2D eigenvalue weighted by Crippen LogP contribution is -2.51. The average molecular weight is 349 g/mol. The van der Waals surface area contributed by atoms with Gasteiger partial charge in [0.2, 0.25) is 11.8 Å². The van der Waals surface area contributed by atoms with E-state index in [9.17, 15) is 18.0 Å². The van der Waals surface area contributed by atoms with Crippen molar-refractivity contribution in [3.05, 3.63) is 35.4 Å². The quantitative estimate of drug-likeness (QED) is 0.771. The van der Waals surface area contributed by atoms with E-state index in [0.717, 1.165) is 0 Å². The van der Waals surface area contributed by atoms with Gasteiger partial charge in [0.25, 0.3) is 0 Å². The van der Waals surface area contributed by atoms with Crippen molar-refractivity contribution >= 4 is 21.7 Å². The maximum Gasteiger partial charge on any atom is 0.237 e. The minimum atomic E-state index is -3.59. The molecule has 0 radical (unpaired) electrons. The summed E-state index contributed by atoms with van der Waals surface area (Å²) in [6.07, 6.45) is 0. The molecule has 0 saturated carbocycles. The van der Waals surface area contributed by atoms with E-state index in [0.29, 0.717) is 37.3 Å². The van der Waals surface area contributed by atoms with E-state index in [1.54, 1.807) is 29.2 Å². The molecule has 1 fully saturated rings. The Morgan fingerprint density at radius 1 is 1.08 bits per heavy atom. The second-order valence-electron chi connectivity index (χ2n) is 5.73. The zero-order valence-electron chi connectivity index (χ0n) is 13.4. The Morgan fingerprint density at radius 2 is 1.62 bits per heavy atom. The van der Waals surface area contributed by atoms with Gasteiger partial charge in [0.15, 0.2) is 9.84 Å². The number of amides is 2. The lowest BCUT2D eigenvalue weighted by atomic mass is 10.2. The number of piperazine rings is 1. The van der Waals surface area contributed by atoms with Gasteiger partial charge in [-0.1, -0.05) is 12.1 Å². The second kappa shape index (κ2) is 7.45. The first-order valence-electron chi connectivity index (χ1n) is 7.53. The third-order valence-electron chi connectivity index (χ3n) is 3.89. The van der Waals surface area contributed by atoms with Crippen molar-refractivity contribution < 1.29 is 18.0 Å². The van der Waals surface area contributed by atoms with Crippen molar-refractivity contribution in [3.63, 3.8) is 0 Å². The molecule has 0 N–H and O–H groups in total. The molecular formula is C16H19N3O4S. The van der Waals surface area contributed by atoms with Crippen LogP contribution in [-0.4, -0.2) is 62.0 Å². The van der Waals surface area contributed by atoms with E-state index < -0.39 is 21.5 Å². The molecule has 24 heavy (non-hydrogen) atoms.